The maximum Gasteiger partial charge on any atom is 0.243 e. The van der Waals surface area contributed by atoms with Crippen LogP contribution >= 0.6 is 39.1 Å². The van der Waals surface area contributed by atoms with Crippen LogP contribution in [0.5, 0.6) is 0 Å². The molecule has 1 heterocycles. The number of halogens is 3. The molecular weight excluding hydrogens is 425 g/mol. The second kappa shape index (κ2) is 6.33. The summed E-state index contributed by atoms with van der Waals surface area (Å²) in [5, 5.41) is 0.00170. The van der Waals surface area contributed by atoms with Crippen molar-refractivity contribution in [2.24, 2.45) is 5.92 Å². The molecule has 1 aliphatic rings. The first-order valence-corrected chi connectivity index (χ1v) is 10.8. The molecule has 1 N–H and O–H groups in total. The van der Waals surface area contributed by atoms with E-state index in [1.165, 1.54) is 12.1 Å². The van der Waals surface area contributed by atoms with Crippen LogP contribution in [0.2, 0.25) is 10.0 Å². The lowest BCUT2D eigenvalue weighted by atomic mass is 10.1. The first-order chi connectivity index (χ1) is 9.61. The van der Waals surface area contributed by atoms with Gasteiger partial charge in [0.25, 0.3) is 0 Å². The van der Waals surface area contributed by atoms with E-state index in [4.69, 9.17) is 23.2 Å². The normalized spacial score (nSPS) is 21.6. The summed E-state index contributed by atoms with van der Waals surface area (Å²) in [4.78, 5) is -0.199. The third-order valence-corrected chi connectivity index (χ3v) is 7.76. The summed E-state index contributed by atoms with van der Waals surface area (Å²) in [6.07, 6.45) is 0.451. The molecule has 0 spiro atoms. The Hall–Kier alpha value is 0.140. The van der Waals surface area contributed by atoms with Crippen molar-refractivity contribution in [2.75, 3.05) is 18.1 Å². The van der Waals surface area contributed by atoms with Gasteiger partial charge in [0.15, 0.2) is 9.84 Å². The fourth-order valence-corrected chi connectivity index (χ4v) is 7.03. The van der Waals surface area contributed by atoms with Crippen molar-refractivity contribution in [3.63, 3.8) is 0 Å². The Morgan fingerprint density at radius 1 is 1.29 bits per heavy atom. The number of nitrogens with one attached hydrogen (secondary N) is 1. The number of rotatable bonds is 4. The Labute approximate surface area is 142 Å². The summed E-state index contributed by atoms with van der Waals surface area (Å²) in [5.41, 5.74) is 0. The zero-order chi connectivity index (χ0) is 15.8. The summed E-state index contributed by atoms with van der Waals surface area (Å²) in [7, 11) is -6.94. The third-order valence-electron chi connectivity index (χ3n) is 3.12. The van der Waals surface area contributed by atoms with Gasteiger partial charge in [0.1, 0.15) is 4.90 Å². The summed E-state index contributed by atoms with van der Waals surface area (Å²) in [6.45, 7) is 0.0459. The van der Waals surface area contributed by atoms with E-state index < -0.39 is 19.9 Å². The van der Waals surface area contributed by atoms with Crippen molar-refractivity contribution in [3.8, 4) is 0 Å². The van der Waals surface area contributed by atoms with Crippen LogP contribution in [0.3, 0.4) is 0 Å². The Morgan fingerprint density at radius 3 is 2.33 bits per heavy atom. The van der Waals surface area contributed by atoms with Crippen LogP contribution < -0.4 is 4.72 Å². The van der Waals surface area contributed by atoms with Crippen LogP contribution in [0.25, 0.3) is 0 Å². The smallest absolute Gasteiger partial charge is 0.229 e. The maximum atomic E-state index is 12.3. The highest BCUT2D eigenvalue weighted by Crippen LogP contribution is 2.32. The SMILES string of the molecule is O=S1(=O)CCC(CNS(=O)(=O)c2c(Cl)cc(Br)cc2Cl)C1. The molecule has 0 aromatic heterocycles. The molecule has 1 aromatic rings. The van der Waals surface area contributed by atoms with Gasteiger partial charge >= 0.3 is 0 Å². The quantitative estimate of drug-likeness (QED) is 0.785. The van der Waals surface area contributed by atoms with E-state index in [0.717, 1.165) is 0 Å². The van der Waals surface area contributed by atoms with Crippen molar-refractivity contribution < 1.29 is 16.8 Å². The molecule has 1 aliphatic heterocycles. The van der Waals surface area contributed by atoms with Gasteiger partial charge in [-0.15, -0.1) is 0 Å². The zero-order valence-corrected chi connectivity index (χ0v) is 15.4. The molecule has 21 heavy (non-hydrogen) atoms. The van der Waals surface area contributed by atoms with E-state index >= 15 is 0 Å². The van der Waals surface area contributed by atoms with Crippen LogP contribution in [0.15, 0.2) is 21.5 Å². The Balaban J connectivity index is 2.17. The lowest BCUT2D eigenvalue weighted by Crippen LogP contribution is -2.30. The number of sulfone groups is 1. The van der Waals surface area contributed by atoms with Crippen molar-refractivity contribution in [1.82, 2.24) is 4.72 Å². The second-order valence-electron chi connectivity index (χ2n) is 4.82. The van der Waals surface area contributed by atoms with E-state index in [0.29, 0.717) is 10.9 Å². The van der Waals surface area contributed by atoms with Gasteiger partial charge in [0.05, 0.1) is 21.6 Å². The number of benzene rings is 1. The van der Waals surface area contributed by atoms with Crippen LogP contribution in [-0.4, -0.2) is 34.9 Å². The van der Waals surface area contributed by atoms with Crippen LogP contribution in [0, 0.1) is 5.92 Å². The first kappa shape index (κ1) is 17.5. The molecule has 10 heteroatoms. The molecule has 0 saturated carbocycles. The van der Waals surface area contributed by atoms with Crippen LogP contribution in [-0.2, 0) is 19.9 Å². The van der Waals surface area contributed by atoms with Crippen molar-refractivity contribution in [2.45, 2.75) is 11.3 Å². The number of hydrogen-bond donors (Lipinski definition) is 1. The molecule has 1 aromatic carbocycles. The number of hydrogen-bond acceptors (Lipinski definition) is 4. The third kappa shape index (κ3) is 4.33. The van der Waals surface area contributed by atoms with Crippen molar-refractivity contribution in [1.29, 1.82) is 0 Å². The average molecular weight is 437 g/mol. The molecule has 0 radical (unpaired) electrons. The maximum absolute atomic E-state index is 12.3. The standard InChI is InChI=1S/C11H12BrCl2NO4S2/c12-8-3-9(13)11(10(14)4-8)21(18,19)15-5-7-1-2-20(16,17)6-7/h3-4,7,15H,1-2,5-6H2. The minimum Gasteiger partial charge on any atom is -0.229 e. The van der Waals surface area contributed by atoms with E-state index in [1.807, 2.05) is 0 Å². The minimum absolute atomic E-state index is 0.000850. The monoisotopic (exact) mass is 435 g/mol. The van der Waals surface area contributed by atoms with Gasteiger partial charge in [-0.1, -0.05) is 39.1 Å². The second-order valence-corrected chi connectivity index (χ2v) is 10.5. The molecule has 0 aliphatic carbocycles. The summed E-state index contributed by atoms with van der Waals surface area (Å²) < 4.78 is 50.2. The predicted octanol–water partition coefficient (Wildman–Crippen LogP) is 2.47. The minimum atomic E-state index is -3.89. The van der Waals surface area contributed by atoms with Gasteiger partial charge in [-0.3, -0.25) is 0 Å². The van der Waals surface area contributed by atoms with Crippen LogP contribution in [0.4, 0.5) is 0 Å². The molecular formula is C11H12BrCl2NO4S2. The highest BCUT2D eigenvalue weighted by atomic mass is 79.9. The Bertz CT molecular complexity index is 741. The summed E-state index contributed by atoms with van der Waals surface area (Å²) in [5.74, 6) is -0.131. The van der Waals surface area contributed by atoms with Gasteiger partial charge in [0.2, 0.25) is 10.0 Å². The Kier molecular flexibility index (Phi) is 5.27. The van der Waals surface area contributed by atoms with Crippen molar-refractivity contribution >= 4 is 59.0 Å². The van der Waals surface area contributed by atoms with Gasteiger partial charge in [-0.25, -0.2) is 21.6 Å². The molecule has 1 fully saturated rings. The van der Waals surface area contributed by atoms with Crippen LogP contribution in [0.1, 0.15) is 6.42 Å². The molecule has 2 rings (SSSR count). The average Bonchev–Trinajstić information content (AvgIpc) is 2.65. The first-order valence-electron chi connectivity index (χ1n) is 5.95. The molecule has 0 bridgehead atoms. The largest absolute Gasteiger partial charge is 0.243 e. The Morgan fingerprint density at radius 2 is 1.86 bits per heavy atom. The molecule has 1 atom stereocenters. The fraction of sp³-hybridized carbons (Fsp3) is 0.455. The predicted molar refractivity (Wildman–Crippen MR) is 86.1 cm³/mol. The summed E-state index contributed by atoms with van der Waals surface area (Å²) >= 11 is 15.0. The van der Waals surface area contributed by atoms with E-state index in [2.05, 4.69) is 20.7 Å². The van der Waals surface area contributed by atoms with Gasteiger partial charge in [0, 0.05) is 11.0 Å². The van der Waals surface area contributed by atoms with Crippen molar-refractivity contribution in [3.05, 3.63) is 26.7 Å². The number of sulfonamides is 1. The summed E-state index contributed by atoms with van der Waals surface area (Å²) in [6, 6.07) is 2.87. The molecule has 1 saturated heterocycles. The lowest BCUT2D eigenvalue weighted by molar-refractivity contribution is 0.543. The lowest BCUT2D eigenvalue weighted by Gasteiger charge is -2.13. The fourth-order valence-electron chi connectivity index (χ4n) is 2.12. The van der Waals surface area contributed by atoms with E-state index in [1.54, 1.807) is 0 Å². The molecule has 0 amide bonds. The zero-order valence-electron chi connectivity index (χ0n) is 10.6. The van der Waals surface area contributed by atoms with E-state index in [-0.39, 0.29) is 38.9 Å². The van der Waals surface area contributed by atoms with Gasteiger partial charge in [-0.2, -0.15) is 0 Å². The molecule has 118 valence electrons. The van der Waals surface area contributed by atoms with Gasteiger partial charge < -0.3 is 0 Å². The molecule has 5 nitrogen and oxygen atoms in total. The van der Waals surface area contributed by atoms with E-state index in [9.17, 15) is 16.8 Å². The highest BCUT2D eigenvalue weighted by molar-refractivity contribution is 9.10. The topological polar surface area (TPSA) is 80.3 Å². The molecule has 1 unspecified atom stereocenters. The highest BCUT2D eigenvalue weighted by Gasteiger charge is 2.30. The van der Waals surface area contributed by atoms with Gasteiger partial charge in [-0.05, 0) is 24.5 Å².